The molecule has 344 valence electrons. The van der Waals surface area contributed by atoms with Gasteiger partial charge < -0.3 is 43.2 Å². The number of ether oxygens (including phenoxy) is 2. The molecule has 0 amide bonds. The van der Waals surface area contributed by atoms with Gasteiger partial charge in [-0.05, 0) is 64.2 Å². The van der Waals surface area contributed by atoms with Crippen LogP contribution in [0.3, 0.4) is 0 Å². The molecule has 0 aromatic heterocycles. The second kappa shape index (κ2) is 32.9. The summed E-state index contributed by atoms with van der Waals surface area (Å²) < 4.78 is 33.7. The summed E-state index contributed by atoms with van der Waals surface area (Å²) in [5.74, 6) is -2.18. The maximum Gasteiger partial charge on any atom is 0.306 e. The Bertz CT molecular complexity index is 1390. The quantitative estimate of drug-likeness (QED) is 0.0189. The third kappa shape index (κ3) is 29.5. The number of hydrogen-bond donors (Lipinski definition) is 3. The Labute approximate surface area is 360 Å². The van der Waals surface area contributed by atoms with Crippen molar-refractivity contribution in [1.29, 1.82) is 0 Å². The van der Waals surface area contributed by atoms with Gasteiger partial charge in [0.15, 0.2) is 6.10 Å². The Balaban J connectivity index is 2.56. The van der Waals surface area contributed by atoms with Gasteiger partial charge in [-0.15, -0.1) is 0 Å². The molecule has 1 saturated carbocycles. The summed E-state index contributed by atoms with van der Waals surface area (Å²) in [7, 11) is 0.924. The Kier molecular flexibility index (Phi) is 30.3. The first-order valence-electron chi connectivity index (χ1n) is 22.2. The number of phosphoric ester groups is 1. The zero-order valence-electron chi connectivity index (χ0n) is 37.2. The molecule has 7 atom stereocenters. The molecule has 14 heteroatoms. The van der Waals surface area contributed by atoms with Gasteiger partial charge in [-0.3, -0.25) is 18.9 Å². The molecule has 0 aromatic carbocycles. The van der Waals surface area contributed by atoms with Crippen molar-refractivity contribution in [1.82, 2.24) is 0 Å². The number of rotatable bonds is 35. The minimum Gasteiger partial charge on any atom is -0.756 e. The molecule has 0 aromatic rings. The summed E-state index contributed by atoms with van der Waals surface area (Å²) in [6, 6.07) is 0. The lowest BCUT2D eigenvalue weighted by Gasteiger charge is -2.28. The normalized spacial score (nSPS) is 20.8. The first kappa shape index (κ1) is 55.3. The molecular weight excluding hydrogens is 789 g/mol. The molecule has 3 N–H and O–H groups in total. The number of aliphatic hydroxyl groups excluding tert-OH is 3. The molecule has 0 bridgehead atoms. The first-order chi connectivity index (χ1) is 28.6. The highest BCUT2D eigenvalue weighted by atomic mass is 31.2. The highest BCUT2D eigenvalue weighted by Crippen LogP contribution is 2.39. The number of nitrogens with zero attached hydrogens (tertiary/aromatic N) is 1. The molecule has 1 aliphatic carbocycles. The summed E-state index contributed by atoms with van der Waals surface area (Å²) in [5.41, 5.74) is 0. The van der Waals surface area contributed by atoms with E-state index in [4.69, 9.17) is 18.5 Å². The Morgan fingerprint density at radius 3 is 2.05 bits per heavy atom. The topological polar surface area (TPSA) is 189 Å². The molecule has 0 radical (unpaired) electrons. The van der Waals surface area contributed by atoms with E-state index in [0.717, 1.165) is 57.8 Å². The number of Topliss-reactive ketones (excluding diaryl/α,β-unsaturated/α-hetero) is 1. The van der Waals surface area contributed by atoms with Crippen LogP contribution in [0.15, 0.2) is 60.8 Å². The fourth-order valence-electron chi connectivity index (χ4n) is 6.46. The van der Waals surface area contributed by atoms with Crippen LogP contribution in [0.2, 0.25) is 0 Å². The van der Waals surface area contributed by atoms with Gasteiger partial charge in [-0.2, -0.15) is 0 Å². The third-order valence-corrected chi connectivity index (χ3v) is 11.0. The highest BCUT2D eigenvalue weighted by molar-refractivity contribution is 7.45. The van der Waals surface area contributed by atoms with Crippen LogP contribution in [-0.4, -0.2) is 109 Å². The molecule has 1 aliphatic rings. The number of ketones is 1. The fraction of sp³-hybridized carbons (Fsp3) is 0.717. The first-order valence-corrected chi connectivity index (χ1v) is 23.6. The van der Waals surface area contributed by atoms with Gasteiger partial charge in [0, 0.05) is 43.9 Å². The lowest BCUT2D eigenvalue weighted by atomic mass is 9.87. The number of carbonyl (C=O) groups is 3. The smallest absolute Gasteiger partial charge is 0.306 e. The van der Waals surface area contributed by atoms with Crippen LogP contribution in [0.5, 0.6) is 0 Å². The van der Waals surface area contributed by atoms with Crippen LogP contribution >= 0.6 is 7.82 Å². The average Bonchev–Trinajstić information content (AvgIpc) is 3.44. The van der Waals surface area contributed by atoms with Crippen molar-refractivity contribution in [3.8, 4) is 0 Å². The van der Waals surface area contributed by atoms with E-state index in [1.807, 2.05) is 21.1 Å². The zero-order valence-corrected chi connectivity index (χ0v) is 38.1. The maximum atomic E-state index is 12.8. The van der Waals surface area contributed by atoms with Crippen molar-refractivity contribution < 1.29 is 62.2 Å². The minimum atomic E-state index is -4.73. The van der Waals surface area contributed by atoms with Crippen molar-refractivity contribution in [3.63, 3.8) is 0 Å². The Morgan fingerprint density at radius 2 is 1.40 bits per heavy atom. The summed E-state index contributed by atoms with van der Waals surface area (Å²) >= 11 is 0. The summed E-state index contributed by atoms with van der Waals surface area (Å²) in [6.07, 6.45) is 27.5. The van der Waals surface area contributed by atoms with Crippen LogP contribution in [0, 0.1) is 11.8 Å². The standard InChI is InChI=1S/C46H78NO12P/c1-6-8-10-11-12-13-14-15-16-17-18-19-20-21-23-29-46(53)59-40(37-58-60(54,55)57-33-32-47(3,4)5)36-56-45(52)28-25-24-27-39(49)34-42-41(43(50)35-44(42)51)31-30-38(48)26-22-9-7-2/h8,10,12-13,15-16,18-19,30-31,38,40-44,48,50-51H,6-7,9,11,14,17,20-29,32-37H2,1-5H3/b10-8-,13-12-,16-15-,19-18-,31-30+/t38-,40+,41+,42+,43+,44-/m0/s1. The van der Waals surface area contributed by atoms with Crippen LogP contribution in [0.25, 0.3) is 0 Å². The molecule has 13 nitrogen and oxygen atoms in total. The van der Waals surface area contributed by atoms with Crippen molar-refractivity contribution in [2.45, 2.75) is 154 Å². The lowest BCUT2D eigenvalue weighted by molar-refractivity contribution is -0.870. The molecule has 1 rings (SSSR count). The van der Waals surface area contributed by atoms with Gasteiger partial charge >= 0.3 is 11.9 Å². The molecule has 60 heavy (non-hydrogen) atoms. The largest absolute Gasteiger partial charge is 0.756 e. The number of esters is 2. The molecule has 1 fully saturated rings. The van der Waals surface area contributed by atoms with Crippen molar-refractivity contribution in [3.05, 3.63) is 60.8 Å². The van der Waals surface area contributed by atoms with Crippen LogP contribution in [-0.2, 0) is 37.5 Å². The van der Waals surface area contributed by atoms with E-state index in [9.17, 15) is 39.2 Å². The molecule has 1 unspecified atom stereocenters. The van der Waals surface area contributed by atoms with Gasteiger partial charge in [0.05, 0.1) is 46.1 Å². The molecule has 0 saturated heterocycles. The molecule has 0 heterocycles. The zero-order chi connectivity index (χ0) is 44.7. The van der Waals surface area contributed by atoms with Gasteiger partial charge in [0.25, 0.3) is 7.82 Å². The SMILES string of the molecule is CC/C=C\C/C=C\C/C=C\C/C=C\CCCCC(=O)O[C@H](COC(=O)CCCCC(=O)C[C@@H]1[C@@H](/C=C/[C@@H](O)CCCCC)[C@H](O)C[C@@H]1O)COP(=O)([O-])OCC[N+](C)(C)C. The van der Waals surface area contributed by atoms with Gasteiger partial charge in [0.1, 0.15) is 25.5 Å². The van der Waals surface area contributed by atoms with E-state index in [-0.39, 0.29) is 44.5 Å². The maximum absolute atomic E-state index is 12.8. The van der Waals surface area contributed by atoms with E-state index in [0.29, 0.717) is 36.7 Å². The van der Waals surface area contributed by atoms with Crippen molar-refractivity contribution in [2.24, 2.45) is 11.8 Å². The van der Waals surface area contributed by atoms with Crippen LogP contribution in [0.4, 0.5) is 0 Å². The average molecular weight is 868 g/mol. The van der Waals surface area contributed by atoms with Crippen molar-refractivity contribution >= 4 is 25.5 Å². The Hall–Kier alpha value is -2.74. The summed E-state index contributed by atoms with van der Waals surface area (Å²) in [4.78, 5) is 50.6. The number of carbonyl (C=O) groups excluding carboxylic acids is 3. The van der Waals surface area contributed by atoms with Gasteiger partial charge in [-0.1, -0.05) is 93.9 Å². The fourth-order valence-corrected chi connectivity index (χ4v) is 7.19. The number of allylic oxidation sites excluding steroid dienone is 8. The van der Waals surface area contributed by atoms with Crippen LogP contribution < -0.4 is 4.89 Å². The molecule has 0 spiro atoms. The molecule has 0 aliphatic heterocycles. The second-order valence-corrected chi connectivity index (χ2v) is 18.1. The van der Waals surface area contributed by atoms with E-state index in [1.54, 1.807) is 12.2 Å². The van der Waals surface area contributed by atoms with Crippen molar-refractivity contribution in [2.75, 3.05) is 47.5 Å². The van der Waals surface area contributed by atoms with E-state index in [2.05, 4.69) is 62.5 Å². The van der Waals surface area contributed by atoms with Gasteiger partial charge in [-0.25, -0.2) is 0 Å². The number of hydrogen-bond acceptors (Lipinski definition) is 12. The predicted octanol–water partition coefficient (Wildman–Crippen LogP) is 7.39. The highest BCUT2D eigenvalue weighted by Gasteiger charge is 2.41. The number of likely N-dealkylation sites (N-methyl/N-ethyl adjacent to an activating group) is 1. The second-order valence-electron chi connectivity index (χ2n) is 16.6. The van der Waals surface area contributed by atoms with Crippen LogP contribution in [0.1, 0.15) is 129 Å². The van der Waals surface area contributed by atoms with E-state index in [1.165, 1.54) is 0 Å². The number of quaternary nitrogens is 1. The summed E-state index contributed by atoms with van der Waals surface area (Å²) in [6.45, 7) is 3.50. The predicted molar refractivity (Wildman–Crippen MR) is 233 cm³/mol. The number of unbranched alkanes of at least 4 members (excludes halogenated alkanes) is 5. The van der Waals surface area contributed by atoms with Gasteiger partial charge in [0.2, 0.25) is 0 Å². The Morgan fingerprint density at radius 1 is 0.783 bits per heavy atom. The summed E-state index contributed by atoms with van der Waals surface area (Å²) in [5, 5.41) is 31.3. The monoisotopic (exact) mass is 868 g/mol. The number of phosphoric acid groups is 1. The van der Waals surface area contributed by atoms with E-state index >= 15 is 0 Å². The minimum absolute atomic E-state index is 0.0215. The molecular formula is C46H78NO12P. The van der Waals surface area contributed by atoms with E-state index < -0.39 is 69.2 Å². The lowest BCUT2D eigenvalue weighted by Crippen LogP contribution is -2.37. The third-order valence-electron chi connectivity index (χ3n) is 10.0. The number of aliphatic hydroxyl groups is 3.